The number of benzene rings is 1. The molecule has 1 N–H and O–H groups in total. The maximum atomic E-state index is 12.4. The van der Waals surface area contributed by atoms with Crippen LogP contribution < -0.4 is 10.2 Å². The van der Waals surface area contributed by atoms with E-state index in [4.69, 9.17) is 5.10 Å². The van der Waals surface area contributed by atoms with Crippen LogP contribution in [0.2, 0.25) is 0 Å². The Kier molecular flexibility index (Phi) is 6.57. The maximum Gasteiger partial charge on any atom is 0.234 e. The number of aromatic nitrogens is 2. The largest absolute Gasteiger partial charge is 0.366 e. The number of hydrogen-bond donors (Lipinski definition) is 1. The normalized spacial score (nSPS) is 21.1. The van der Waals surface area contributed by atoms with Gasteiger partial charge in [0.1, 0.15) is 0 Å². The molecule has 2 fully saturated rings. The fraction of sp³-hybridized carbons (Fsp3) is 0.565. The Morgan fingerprint density at radius 1 is 1.09 bits per heavy atom. The summed E-state index contributed by atoms with van der Waals surface area (Å²) in [5.74, 6) is 0.470. The molecule has 0 saturated carbocycles. The molecule has 174 valence electrons. The molecule has 9 heteroatoms. The van der Waals surface area contributed by atoms with Crippen LogP contribution in [0.3, 0.4) is 0 Å². The topological polar surface area (TPSA) is 87.5 Å². The van der Waals surface area contributed by atoms with Gasteiger partial charge in [-0.25, -0.2) is 8.42 Å². The minimum absolute atomic E-state index is 0.0432. The molecule has 2 aliphatic heterocycles. The molecule has 0 aliphatic carbocycles. The van der Waals surface area contributed by atoms with Gasteiger partial charge in [0.25, 0.3) is 0 Å². The third-order valence-corrected chi connectivity index (χ3v) is 8.26. The maximum absolute atomic E-state index is 12.4. The lowest BCUT2D eigenvalue weighted by molar-refractivity contribution is -0.122. The van der Waals surface area contributed by atoms with Crippen LogP contribution in [-0.4, -0.2) is 73.2 Å². The summed E-state index contributed by atoms with van der Waals surface area (Å²) in [6.07, 6.45) is 0.634. The monoisotopic (exact) mass is 459 g/mol. The van der Waals surface area contributed by atoms with Crippen molar-refractivity contribution >= 4 is 21.4 Å². The van der Waals surface area contributed by atoms with Crippen LogP contribution >= 0.6 is 0 Å². The third kappa shape index (κ3) is 5.15. The number of nitrogens with zero attached hydrogens (tertiary/aromatic N) is 4. The first-order valence-corrected chi connectivity index (χ1v) is 13.1. The van der Waals surface area contributed by atoms with Gasteiger partial charge in [-0.1, -0.05) is 29.8 Å². The number of sulfone groups is 1. The highest BCUT2D eigenvalue weighted by molar-refractivity contribution is 7.91. The molecule has 0 radical (unpaired) electrons. The van der Waals surface area contributed by atoms with Crippen LogP contribution in [-0.2, 0) is 21.2 Å². The number of amides is 1. The SMILES string of the molecule is Cc1ccc(CNC(=O)CN2CCN(c3c(C)nn(C4CCS(=O)(=O)C4)c3C)CC2)cc1. The van der Waals surface area contributed by atoms with Crippen molar-refractivity contribution in [2.45, 2.75) is 39.8 Å². The van der Waals surface area contributed by atoms with E-state index in [1.54, 1.807) is 0 Å². The summed E-state index contributed by atoms with van der Waals surface area (Å²) < 4.78 is 25.7. The van der Waals surface area contributed by atoms with Gasteiger partial charge in [-0.05, 0) is 32.8 Å². The number of carbonyl (C=O) groups excluding carboxylic acids is 1. The highest BCUT2D eigenvalue weighted by Crippen LogP contribution is 2.31. The van der Waals surface area contributed by atoms with E-state index in [1.165, 1.54) is 5.56 Å². The number of carbonyl (C=O) groups is 1. The molecule has 2 aromatic rings. The van der Waals surface area contributed by atoms with E-state index in [2.05, 4.69) is 34.2 Å². The van der Waals surface area contributed by atoms with Gasteiger partial charge in [0.2, 0.25) is 5.91 Å². The van der Waals surface area contributed by atoms with Crippen molar-refractivity contribution in [3.8, 4) is 0 Å². The van der Waals surface area contributed by atoms with Crippen LogP contribution in [0.25, 0.3) is 0 Å². The van der Waals surface area contributed by atoms with Crippen molar-refractivity contribution < 1.29 is 13.2 Å². The van der Waals surface area contributed by atoms with E-state index in [9.17, 15) is 13.2 Å². The summed E-state index contributed by atoms with van der Waals surface area (Å²) in [5.41, 5.74) is 5.40. The van der Waals surface area contributed by atoms with Gasteiger partial charge in [-0.3, -0.25) is 14.4 Å². The summed E-state index contributed by atoms with van der Waals surface area (Å²) in [5, 5.41) is 7.70. The van der Waals surface area contributed by atoms with E-state index < -0.39 is 9.84 Å². The summed E-state index contributed by atoms with van der Waals surface area (Å²) in [6.45, 7) is 10.3. The van der Waals surface area contributed by atoms with E-state index in [1.807, 2.05) is 30.7 Å². The van der Waals surface area contributed by atoms with Crippen LogP contribution in [0.1, 0.15) is 35.0 Å². The highest BCUT2D eigenvalue weighted by atomic mass is 32.2. The first-order chi connectivity index (χ1) is 15.2. The van der Waals surface area contributed by atoms with Crippen LogP contribution in [0.15, 0.2) is 24.3 Å². The first kappa shape index (κ1) is 22.8. The molecular weight excluding hydrogens is 426 g/mol. The van der Waals surface area contributed by atoms with Crippen LogP contribution in [0.4, 0.5) is 5.69 Å². The molecule has 0 spiro atoms. The Bertz CT molecular complexity index is 1070. The average molecular weight is 460 g/mol. The fourth-order valence-corrected chi connectivity index (χ4v) is 6.42. The molecule has 3 heterocycles. The third-order valence-electron chi connectivity index (χ3n) is 6.51. The predicted molar refractivity (Wildman–Crippen MR) is 126 cm³/mol. The van der Waals surface area contributed by atoms with Crippen molar-refractivity contribution in [3.05, 3.63) is 46.8 Å². The Balaban J connectivity index is 1.30. The number of anilines is 1. The molecule has 8 nitrogen and oxygen atoms in total. The zero-order valence-electron chi connectivity index (χ0n) is 19.2. The molecule has 32 heavy (non-hydrogen) atoms. The fourth-order valence-electron chi connectivity index (χ4n) is 4.73. The van der Waals surface area contributed by atoms with Crippen molar-refractivity contribution in [2.75, 3.05) is 49.1 Å². The van der Waals surface area contributed by atoms with E-state index >= 15 is 0 Å². The quantitative estimate of drug-likeness (QED) is 0.706. The molecule has 1 aromatic carbocycles. The van der Waals surface area contributed by atoms with E-state index in [0.717, 1.165) is 48.8 Å². The second-order valence-corrected chi connectivity index (χ2v) is 11.3. The molecular formula is C23H33N5O3S. The van der Waals surface area contributed by atoms with Crippen LogP contribution in [0, 0.1) is 20.8 Å². The number of aryl methyl sites for hydroxylation is 2. The smallest absolute Gasteiger partial charge is 0.234 e. The second kappa shape index (κ2) is 9.23. The van der Waals surface area contributed by atoms with Gasteiger partial charge < -0.3 is 10.2 Å². The van der Waals surface area contributed by atoms with Gasteiger partial charge >= 0.3 is 0 Å². The zero-order valence-corrected chi connectivity index (χ0v) is 20.0. The minimum Gasteiger partial charge on any atom is -0.366 e. The Labute approximate surface area is 190 Å². The Morgan fingerprint density at radius 3 is 2.41 bits per heavy atom. The molecule has 4 rings (SSSR count). The number of rotatable bonds is 6. The van der Waals surface area contributed by atoms with Crippen molar-refractivity contribution in [1.82, 2.24) is 20.0 Å². The minimum atomic E-state index is -2.95. The second-order valence-electron chi connectivity index (χ2n) is 9.05. The van der Waals surface area contributed by atoms with E-state index in [-0.39, 0.29) is 23.5 Å². The molecule has 1 amide bonds. The van der Waals surface area contributed by atoms with Crippen molar-refractivity contribution in [3.63, 3.8) is 0 Å². The molecule has 2 saturated heterocycles. The van der Waals surface area contributed by atoms with Gasteiger partial charge in [0.15, 0.2) is 9.84 Å². The highest BCUT2D eigenvalue weighted by Gasteiger charge is 2.32. The van der Waals surface area contributed by atoms with Gasteiger partial charge in [-0.2, -0.15) is 5.10 Å². The lowest BCUT2D eigenvalue weighted by Gasteiger charge is -2.36. The molecule has 1 unspecified atom stereocenters. The summed E-state index contributed by atoms with van der Waals surface area (Å²) in [7, 11) is -2.95. The van der Waals surface area contributed by atoms with E-state index in [0.29, 0.717) is 19.5 Å². The molecule has 2 aliphatic rings. The summed E-state index contributed by atoms with van der Waals surface area (Å²) >= 11 is 0. The zero-order chi connectivity index (χ0) is 22.9. The number of piperazine rings is 1. The lowest BCUT2D eigenvalue weighted by Crippen LogP contribution is -2.49. The van der Waals surface area contributed by atoms with Gasteiger partial charge in [-0.15, -0.1) is 0 Å². The van der Waals surface area contributed by atoms with Gasteiger partial charge in [0, 0.05) is 32.7 Å². The van der Waals surface area contributed by atoms with Crippen LogP contribution in [0.5, 0.6) is 0 Å². The first-order valence-electron chi connectivity index (χ1n) is 11.3. The average Bonchev–Trinajstić information content (AvgIpc) is 3.26. The van der Waals surface area contributed by atoms with Crippen molar-refractivity contribution in [1.29, 1.82) is 0 Å². The summed E-state index contributed by atoms with van der Waals surface area (Å²) in [6, 6.07) is 8.13. The molecule has 0 bridgehead atoms. The van der Waals surface area contributed by atoms with Crippen molar-refractivity contribution in [2.24, 2.45) is 0 Å². The predicted octanol–water partition coefficient (Wildman–Crippen LogP) is 1.61. The Morgan fingerprint density at radius 2 is 1.78 bits per heavy atom. The number of nitrogens with one attached hydrogen (secondary N) is 1. The molecule has 1 aromatic heterocycles. The number of hydrogen-bond acceptors (Lipinski definition) is 6. The Hall–Kier alpha value is -2.39. The standard InChI is InChI=1S/C23H33N5O3S/c1-17-4-6-20(7-5-17)14-24-22(29)15-26-9-11-27(12-10-26)23-18(2)25-28(19(23)3)21-8-13-32(30,31)16-21/h4-7,21H,8-16H2,1-3H3,(H,24,29). The summed E-state index contributed by atoms with van der Waals surface area (Å²) in [4.78, 5) is 16.9. The molecule has 1 atom stereocenters. The lowest BCUT2D eigenvalue weighted by atomic mass is 10.1. The van der Waals surface area contributed by atoms with Gasteiger partial charge in [0.05, 0.1) is 41.2 Å².